The zero-order chi connectivity index (χ0) is 13.8. The molecule has 7 nitrogen and oxygen atoms in total. The van der Waals surface area contributed by atoms with E-state index in [-0.39, 0.29) is 5.78 Å². The number of carbonyl (C=O) groups is 1. The van der Waals surface area contributed by atoms with Crippen molar-refractivity contribution in [1.29, 1.82) is 0 Å². The molecule has 2 rings (SSSR count). The molecule has 19 heavy (non-hydrogen) atoms. The van der Waals surface area contributed by atoms with Crippen molar-refractivity contribution >= 4 is 11.7 Å². The van der Waals surface area contributed by atoms with Crippen molar-refractivity contribution in [2.75, 3.05) is 11.9 Å². The highest BCUT2D eigenvalue weighted by atomic mass is 16.1. The summed E-state index contributed by atoms with van der Waals surface area (Å²) in [5, 5.41) is 7.10. The predicted molar refractivity (Wildman–Crippen MR) is 70.0 cm³/mol. The molecule has 0 unspecified atom stereocenters. The maximum atomic E-state index is 11.3. The molecular weight excluding hydrogens is 244 g/mol. The standard InChI is InChI=1S/C12H16N6O/c1-8-10(9(2)19)6-14-12(17-8)13-5-4-11-15-7-16-18(11)3/h6-7H,4-5H2,1-3H3,(H,13,14,17). The van der Waals surface area contributed by atoms with Crippen LogP contribution in [0.15, 0.2) is 12.5 Å². The first-order valence-electron chi connectivity index (χ1n) is 5.99. The zero-order valence-electron chi connectivity index (χ0n) is 11.2. The Morgan fingerprint density at radius 2 is 2.21 bits per heavy atom. The Hall–Kier alpha value is -2.31. The number of hydrogen-bond donors (Lipinski definition) is 1. The smallest absolute Gasteiger partial charge is 0.222 e. The molecule has 100 valence electrons. The fraction of sp³-hybridized carbons (Fsp3) is 0.417. The van der Waals surface area contributed by atoms with Crippen molar-refractivity contribution in [2.24, 2.45) is 7.05 Å². The van der Waals surface area contributed by atoms with Crippen molar-refractivity contribution in [2.45, 2.75) is 20.3 Å². The second-order valence-electron chi connectivity index (χ2n) is 4.23. The average molecular weight is 260 g/mol. The van der Waals surface area contributed by atoms with Crippen LogP contribution in [0.4, 0.5) is 5.95 Å². The molecule has 0 amide bonds. The van der Waals surface area contributed by atoms with Gasteiger partial charge in [-0.1, -0.05) is 0 Å². The SMILES string of the molecule is CC(=O)c1cnc(NCCc2ncnn2C)nc1C. The fourth-order valence-electron chi connectivity index (χ4n) is 1.73. The van der Waals surface area contributed by atoms with Crippen LogP contribution in [0.1, 0.15) is 28.8 Å². The predicted octanol–water partition coefficient (Wildman–Crippen LogP) is 0.771. The van der Waals surface area contributed by atoms with Gasteiger partial charge in [-0.05, 0) is 13.8 Å². The second kappa shape index (κ2) is 5.55. The molecule has 0 bridgehead atoms. The molecule has 1 N–H and O–H groups in total. The van der Waals surface area contributed by atoms with Gasteiger partial charge in [0.25, 0.3) is 0 Å². The van der Waals surface area contributed by atoms with E-state index in [0.29, 0.717) is 23.8 Å². The molecule has 2 heterocycles. The van der Waals surface area contributed by atoms with E-state index in [1.165, 1.54) is 13.3 Å². The van der Waals surface area contributed by atoms with Crippen LogP contribution in [0.3, 0.4) is 0 Å². The summed E-state index contributed by atoms with van der Waals surface area (Å²) in [6.45, 7) is 3.96. The highest BCUT2D eigenvalue weighted by Gasteiger charge is 2.07. The maximum absolute atomic E-state index is 11.3. The Labute approximate surface area is 111 Å². The molecule has 2 aromatic heterocycles. The first-order valence-corrected chi connectivity index (χ1v) is 5.99. The van der Waals surface area contributed by atoms with Crippen LogP contribution in [0.2, 0.25) is 0 Å². The fourth-order valence-corrected chi connectivity index (χ4v) is 1.73. The van der Waals surface area contributed by atoms with Gasteiger partial charge >= 0.3 is 0 Å². The molecule has 0 atom stereocenters. The molecular formula is C12H16N6O. The lowest BCUT2D eigenvalue weighted by Gasteiger charge is -2.06. The highest BCUT2D eigenvalue weighted by molar-refractivity contribution is 5.94. The van der Waals surface area contributed by atoms with E-state index >= 15 is 0 Å². The molecule has 2 aromatic rings. The lowest BCUT2D eigenvalue weighted by Crippen LogP contribution is -2.12. The molecule has 0 saturated carbocycles. The second-order valence-corrected chi connectivity index (χ2v) is 4.23. The Morgan fingerprint density at radius 3 is 2.79 bits per heavy atom. The molecule has 0 aliphatic rings. The van der Waals surface area contributed by atoms with Crippen molar-refractivity contribution in [3.05, 3.63) is 29.6 Å². The number of hydrogen-bond acceptors (Lipinski definition) is 6. The third-order valence-electron chi connectivity index (χ3n) is 2.80. The summed E-state index contributed by atoms with van der Waals surface area (Å²) in [6.07, 6.45) is 3.81. The van der Waals surface area contributed by atoms with E-state index in [4.69, 9.17) is 0 Å². The van der Waals surface area contributed by atoms with Crippen molar-refractivity contribution in [3.8, 4) is 0 Å². The summed E-state index contributed by atoms with van der Waals surface area (Å²) >= 11 is 0. The molecule has 0 aromatic carbocycles. The number of aryl methyl sites for hydroxylation is 2. The van der Waals surface area contributed by atoms with Gasteiger partial charge in [0.1, 0.15) is 12.2 Å². The minimum atomic E-state index is -0.0249. The number of rotatable bonds is 5. The zero-order valence-corrected chi connectivity index (χ0v) is 11.2. The summed E-state index contributed by atoms with van der Waals surface area (Å²) in [5.74, 6) is 1.39. The van der Waals surface area contributed by atoms with Gasteiger partial charge in [0.05, 0.1) is 11.3 Å². The van der Waals surface area contributed by atoms with E-state index in [9.17, 15) is 4.79 Å². The summed E-state index contributed by atoms with van der Waals surface area (Å²) < 4.78 is 1.73. The number of ketones is 1. The third-order valence-corrected chi connectivity index (χ3v) is 2.80. The first-order chi connectivity index (χ1) is 9.08. The van der Waals surface area contributed by atoms with E-state index < -0.39 is 0 Å². The number of nitrogens with zero attached hydrogens (tertiary/aromatic N) is 5. The van der Waals surface area contributed by atoms with Crippen LogP contribution in [-0.4, -0.2) is 37.1 Å². The molecule has 0 radical (unpaired) electrons. The highest BCUT2D eigenvalue weighted by Crippen LogP contribution is 2.07. The van der Waals surface area contributed by atoms with Gasteiger partial charge in [-0.25, -0.2) is 15.0 Å². The molecule has 0 aliphatic heterocycles. The molecule has 0 aliphatic carbocycles. The monoisotopic (exact) mass is 260 g/mol. The van der Waals surface area contributed by atoms with Crippen LogP contribution in [0, 0.1) is 6.92 Å². The van der Waals surface area contributed by atoms with Crippen LogP contribution in [0.25, 0.3) is 0 Å². The molecule has 0 fully saturated rings. The Morgan fingerprint density at radius 1 is 1.42 bits per heavy atom. The number of carbonyl (C=O) groups excluding carboxylic acids is 1. The number of nitrogens with one attached hydrogen (secondary N) is 1. The number of Topliss-reactive ketones (excluding diaryl/α,β-unsaturated/α-hetero) is 1. The summed E-state index contributed by atoms with van der Waals surface area (Å²) in [5.41, 5.74) is 1.24. The van der Waals surface area contributed by atoms with Gasteiger partial charge in [0.2, 0.25) is 5.95 Å². The number of anilines is 1. The minimum absolute atomic E-state index is 0.0249. The summed E-state index contributed by atoms with van der Waals surface area (Å²) in [4.78, 5) is 23.8. The minimum Gasteiger partial charge on any atom is -0.354 e. The van der Waals surface area contributed by atoms with Gasteiger partial charge in [-0.2, -0.15) is 5.10 Å². The van der Waals surface area contributed by atoms with Crippen LogP contribution in [0.5, 0.6) is 0 Å². The van der Waals surface area contributed by atoms with E-state index in [1.807, 2.05) is 7.05 Å². The van der Waals surface area contributed by atoms with E-state index in [0.717, 1.165) is 12.2 Å². The number of aromatic nitrogens is 5. The average Bonchev–Trinajstić information content (AvgIpc) is 2.75. The normalized spacial score (nSPS) is 10.5. The van der Waals surface area contributed by atoms with Crippen LogP contribution >= 0.6 is 0 Å². The van der Waals surface area contributed by atoms with Gasteiger partial charge in [-0.15, -0.1) is 0 Å². The van der Waals surface area contributed by atoms with Crippen molar-refractivity contribution < 1.29 is 4.79 Å². The Balaban J connectivity index is 1.95. The van der Waals surface area contributed by atoms with Crippen LogP contribution < -0.4 is 5.32 Å². The van der Waals surface area contributed by atoms with Gasteiger partial charge in [0, 0.05) is 26.2 Å². The van der Waals surface area contributed by atoms with E-state index in [1.54, 1.807) is 17.8 Å². The van der Waals surface area contributed by atoms with Gasteiger partial charge < -0.3 is 5.32 Å². The Kier molecular flexibility index (Phi) is 3.84. The molecule has 7 heteroatoms. The maximum Gasteiger partial charge on any atom is 0.222 e. The largest absolute Gasteiger partial charge is 0.354 e. The molecule has 0 spiro atoms. The quantitative estimate of drug-likeness (QED) is 0.799. The van der Waals surface area contributed by atoms with Crippen molar-refractivity contribution in [1.82, 2.24) is 24.7 Å². The van der Waals surface area contributed by atoms with Crippen molar-refractivity contribution in [3.63, 3.8) is 0 Å². The van der Waals surface area contributed by atoms with E-state index in [2.05, 4.69) is 25.4 Å². The third kappa shape index (κ3) is 3.12. The summed E-state index contributed by atoms with van der Waals surface area (Å²) in [6, 6.07) is 0. The topological polar surface area (TPSA) is 85.6 Å². The lowest BCUT2D eigenvalue weighted by atomic mass is 10.2. The van der Waals surface area contributed by atoms with Gasteiger partial charge in [-0.3, -0.25) is 9.48 Å². The first kappa shape index (κ1) is 13.1. The van der Waals surface area contributed by atoms with Gasteiger partial charge in [0.15, 0.2) is 5.78 Å². The summed E-state index contributed by atoms with van der Waals surface area (Å²) in [7, 11) is 1.85. The molecule has 0 saturated heterocycles. The lowest BCUT2D eigenvalue weighted by molar-refractivity contribution is 0.101. The van der Waals surface area contributed by atoms with Crippen LogP contribution in [-0.2, 0) is 13.5 Å². The Bertz CT molecular complexity index is 592.